The van der Waals surface area contributed by atoms with Crippen molar-refractivity contribution in [3.8, 4) is 11.3 Å². The number of sulfonamides is 1. The second kappa shape index (κ2) is 5.49. The van der Waals surface area contributed by atoms with E-state index in [1.54, 1.807) is 24.3 Å². The molecule has 1 aromatic carbocycles. The highest BCUT2D eigenvalue weighted by molar-refractivity contribution is 7.92. The summed E-state index contributed by atoms with van der Waals surface area (Å²) in [6.45, 7) is 0. The summed E-state index contributed by atoms with van der Waals surface area (Å²) < 4.78 is 55.5. The summed E-state index contributed by atoms with van der Waals surface area (Å²) in [6, 6.07) is 7.31. The monoisotopic (exact) mass is 342 g/mol. The van der Waals surface area contributed by atoms with E-state index in [0.717, 1.165) is 0 Å². The van der Waals surface area contributed by atoms with E-state index >= 15 is 0 Å². The first-order valence-corrected chi connectivity index (χ1v) is 9.91. The standard InChI is InChI=1S/C13H14N2O5S2/c16-21(17)8-6-10(9-21)15-22(18,19)13-4-2-1-3-11(13)12-5-7-14-20-12/h1-5,7,10,15H,6,8-9H2/t10-/m0/s1. The van der Waals surface area contributed by atoms with Gasteiger partial charge in [0.1, 0.15) is 0 Å². The molecule has 7 nitrogen and oxygen atoms in total. The second-order valence-electron chi connectivity index (χ2n) is 5.09. The first-order chi connectivity index (χ1) is 10.4. The maximum absolute atomic E-state index is 12.5. The number of aromatic nitrogens is 1. The summed E-state index contributed by atoms with van der Waals surface area (Å²) in [5, 5.41) is 3.57. The molecule has 0 radical (unpaired) electrons. The predicted octanol–water partition coefficient (Wildman–Crippen LogP) is 0.807. The van der Waals surface area contributed by atoms with Gasteiger partial charge < -0.3 is 4.52 Å². The minimum atomic E-state index is -3.85. The zero-order valence-electron chi connectivity index (χ0n) is 11.5. The molecule has 118 valence electrons. The van der Waals surface area contributed by atoms with E-state index in [4.69, 9.17) is 4.52 Å². The van der Waals surface area contributed by atoms with Crippen molar-refractivity contribution in [1.29, 1.82) is 0 Å². The van der Waals surface area contributed by atoms with Gasteiger partial charge in [0.15, 0.2) is 15.6 Å². The topological polar surface area (TPSA) is 106 Å². The molecule has 9 heteroatoms. The van der Waals surface area contributed by atoms with Crippen molar-refractivity contribution in [2.75, 3.05) is 11.5 Å². The number of benzene rings is 1. The molecule has 1 fully saturated rings. The zero-order chi connectivity index (χ0) is 15.8. The summed E-state index contributed by atoms with van der Waals surface area (Å²) in [4.78, 5) is 0.0380. The average molecular weight is 342 g/mol. The van der Waals surface area contributed by atoms with Gasteiger partial charge in [-0.15, -0.1) is 0 Å². The smallest absolute Gasteiger partial charge is 0.241 e. The van der Waals surface area contributed by atoms with Crippen LogP contribution in [0.15, 0.2) is 45.9 Å². The Balaban J connectivity index is 1.94. The van der Waals surface area contributed by atoms with Crippen LogP contribution >= 0.6 is 0 Å². The highest BCUT2D eigenvalue weighted by atomic mass is 32.2. The van der Waals surface area contributed by atoms with E-state index in [-0.39, 0.29) is 22.8 Å². The molecule has 1 N–H and O–H groups in total. The van der Waals surface area contributed by atoms with Gasteiger partial charge in [0, 0.05) is 17.7 Å². The normalized spacial score (nSPS) is 21.0. The third-order valence-corrected chi connectivity index (χ3v) is 6.78. The molecule has 1 aliphatic heterocycles. The number of rotatable bonds is 4. The highest BCUT2D eigenvalue weighted by Crippen LogP contribution is 2.27. The van der Waals surface area contributed by atoms with Gasteiger partial charge in [-0.1, -0.05) is 17.3 Å². The maximum atomic E-state index is 12.5. The quantitative estimate of drug-likeness (QED) is 0.881. The largest absolute Gasteiger partial charge is 0.356 e. The van der Waals surface area contributed by atoms with Gasteiger partial charge in [0.2, 0.25) is 10.0 Å². The van der Waals surface area contributed by atoms with Crippen LogP contribution < -0.4 is 4.72 Å². The summed E-state index contributed by atoms with van der Waals surface area (Å²) in [6.07, 6.45) is 1.71. The maximum Gasteiger partial charge on any atom is 0.241 e. The Kier molecular flexibility index (Phi) is 3.79. The van der Waals surface area contributed by atoms with E-state index in [2.05, 4.69) is 9.88 Å². The van der Waals surface area contributed by atoms with E-state index < -0.39 is 25.9 Å². The number of nitrogens with one attached hydrogen (secondary N) is 1. The molecule has 0 bridgehead atoms. The number of hydrogen-bond donors (Lipinski definition) is 1. The van der Waals surface area contributed by atoms with Gasteiger partial charge in [-0.3, -0.25) is 0 Å². The van der Waals surface area contributed by atoms with E-state index in [1.165, 1.54) is 12.3 Å². The van der Waals surface area contributed by atoms with Gasteiger partial charge in [-0.05, 0) is 18.6 Å². The Morgan fingerprint density at radius 3 is 2.64 bits per heavy atom. The minimum Gasteiger partial charge on any atom is -0.356 e. The molecule has 1 aliphatic rings. The van der Waals surface area contributed by atoms with Crippen LogP contribution in [-0.4, -0.2) is 39.5 Å². The fourth-order valence-corrected chi connectivity index (χ4v) is 5.69. The summed E-state index contributed by atoms with van der Waals surface area (Å²) in [7, 11) is -7.01. The highest BCUT2D eigenvalue weighted by Gasteiger charge is 2.32. The SMILES string of the molecule is O=S1(=O)CC[C@H](NS(=O)(=O)c2ccccc2-c2ccno2)C1. The number of nitrogens with zero attached hydrogens (tertiary/aromatic N) is 1. The van der Waals surface area contributed by atoms with Crippen molar-refractivity contribution >= 4 is 19.9 Å². The van der Waals surface area contributed by atoms with E-state index in [9.17, 15) is 16.8 Å². The van der Waals surface area contributed by atoms with Crippen molar-refractivity contribution < 1.29 is 21.4 Å². The van der Waals surface area contributed by atoms with E-state index in [1.807, 2.05) is 0 Å². The summed E-state index contributed by atoms with van der Waals surface area (Å²) in [5.74, 6) is 0.167. The fourth-order valence-electron chi connectivity index (χ4n) is 2.43. The van der Waals surface area contributed by atoms with Crippen LogP contribution in [0.4, 0.5) is 0 Å². The molecular weight excluding hydrogens is 328 g/mol. The molecule has 0 saturated carbocycles. The van der Waals surface area contributed by atoms with Crippen molar-refractivity contribution in [3.05, 3.63) is 36.5 Å². The van der Waals surface area contributed by atoms with E-state index in [0.29, 0.717) is 11.3 Å². The van der Waals surface area contributed by atoms with Crippen molar-refractivity contribution in [3.63, 3.8) is 0 Å². The van der Waals surface area contributed by atoms with Crippen LogP contribution in [0.1, 0.15) is 6.42 Å². The summed E-state index contributed by atoms with van der Waals surface area (Å²) >= 11 is 0. The van der Waals surface area contributed by atoms with Gasteiger partial charge >= 0.3 is 0 Å². The molecular formula is C13H14N2O5S2. The fraction of sp³-hybridized carbons (Fsp3) is 0.308. The average Bonchev–Trinajstić information content (AvgIpc) is 3.08. The molecule has 0 aliphatic carbocycles. The van der Waals surface area contributed by atoms with Crippen molar-refractivity contribution in [2.45, 2.75) is 17.4 Å². The van der Waals surface area contributed by atoms with Crippen LogP contribution in [0.2, 0.25) is 0 Å². The lowest BCUT2D eigenvalue weighted by Crippen LogP contribution is -2.35. The lowest BCUT2D eigenvalue weighted by Gasteiger charge is -2.13. The van der Waals surface area contributed by atoms with Crippen LogP contribution in [0.5, 0.6) is 0 Å². The Morgan fingerprint density at radius 1 is 1.23 bits per heavy atom. The molecule has 1 saturated heterocycles. The van der Waals surface area contributed by atoms with Gasteiger partial charge in [0.25, 0.3) is 0 Å². The van der Waals surface area contributed by atoms with Crippen LogP contribution in [0, 0.1) is 0 Å². The molecule has 2 heterocycles. The third kappa shape index (κ3) is 3.06. The molecule has 1 atom stereocenters. The lowest BCUT2D eigenvalue weighted by molar-refractivity contribution is 0.431. The summed E-state index contributed by atoms with van der Waals surface area (Å²) in [5.41, 5.74) is 0.383. The Bertz CT molecular complexity index is 873. The first-order valence-electron chi connectivity index (χ1n) is 6.60. The molecule has 22 heavy (non-hydrogen) atoms. The molecule has 0 amide bonds. The Morgan fingerprint density at radius 2 is 2.00 bits per heavy atom. The molecule has 3 rings (SSSR count). The predicted molar refractivity (Wildman–Crippen MR) is 79.3 cm³/mol. The first kappa shape index (κ1) is 15.2. The van der Waals surface area contributed by atoms with Gasteiger partial charge in [-0.25, -0.2) is 21.6 Å². The lowest BCUT2D eigenvalue weighted by atomic mass is 10.2. The third-order valence-electron chi connectivity index (χ3n) is 3.43. The van der Waals surface area contributed by atoms with Gasteiger partial charge in [0.05, 0.1) is 22.6 Å². The number of sulfone groups is 1. The second-order valence-corrected chi connectivity index (χ2v) is 9.01. The van der Waals surface area contributed by atoms with Crippen LogP contribution in [0.25, 0.3) is 11.3 Å². The Hall–Kier alpha value is -1.71. The zero-order valence-corrected chi connectivity index (χ0v) is 13.1. The van der Waals surface area contributed by atoms with Crippen LogP contribution in [-0.2, 0) is 19.9 Å². The molecule has 0 spiro atoms. The Labute approximate surface area is 128 Å². The number of hydrogen-bond acceptors (Lipinski definition) is 6. The minimum absolute atomic E-state index is 0.00391. The van der Waals surface area contributed by atoms with Crippen LogP contribution in [0.3, 0.4) is 0 Å². The van der Waals surface area contributed by atoms with Crippen molar-refractivity contribution in [1.82, 2.24) is 9.88 Å². The molecule has 2 aromatic rings. The molecule has 1 aromatic heterocycles. The molecule has 0 unspecified atom stereocenters. The van der Waals surface area contributed by atoms with Crippen molar-refractivity contribution in [2.24, 2.45) is 0 Å². The van der Waals surface area contributed by atoms with Gasteiger partial charge in [-0.2, -0.15) is 0 Å².